The van der Waals surface area contributed by atoms with Gasteiger partial charge in [-0.05, 0) is 17.7 Å². The van der Waals surface area contributed by atoms with Gasteiger partial charge in [0.2, 0.25) is 0 Å². The fourth-order valence-corrected chi connectivity index (χ4v) is 1.94. The summed E-state index contributed by atoms with van der Waals surface area (Å²) in [5, 5.41) is 17.5. The van der Waals surface area contributed by atoms with Gasteiger partial charge in [0.25, 0.3) is 0 Å². The van der Waals surface area contributed by atoms with Crippen LogP contribution in [0.1, 0.15) is 20.7 Å². The normalized spacial score (nSPS) is 14.1. The number of halogens is 2. The number of aliphatic carboxylic acids is 1. The van der Waals surface area contributed by atoms with E-state index < -0.39 is 21.6 Å². The van der Waals surface area contributed by atoms with Crippen molar-refractivity contribution in [1.29, 1.82) is 0 Å². The molecule has 4 nitrogen and oxygen atoms in total. The van der Waals surface area contributed by atoms with E-state index in [9.17, 15) is 9.59 Å². The van der Waals surface area contributed by atoms with Gasteiger partial charge in [-0.25, -0.2) is 4.79 Å². The van der Waals surface area contributed by atoms with Gasteiger partial charge in [0.15, 0.2) is 0 Å². The van der Waals surface area contributed by atoms with Gasteiger partial charge in [0.05, 0.1) is 10.4 Å². The van der Waals surface area contributed by atoms with Crippen molar-refractivity contribution in [1.82, 2.24) is 0 Å². The maximum Gasteiger partial charge on any atom is 0.335 e. The number of benzene rings is 1. The van der Waals surface area contributed by atoms with Crippen LogP contribution in [0.5, 0.6) is 0 Å². The summed E-state index contributed by atoms with van der Waals surface area (Å²) in [6.07, 6.45) is 0. The fourth-order valence-electron chi connectivity index (χ4n) is 1.10. The molecule has 2 atom stereocenters. The first-order chi connectivity index (χ1) is 7.43. The van der Waals surface area contributed by atoms with Crippen molar-refractivity contribution in [2.24, 2.45) is 0 Å². The molecule has 0 aromatic heterocycles. The predicted molar refractivity (Wildman–Crippen MR) is 65.4 cm³/mol. The highest BCUT2D eigenvalue weighted by Gasteiger charge is 2.24. The number of aromatic carboxylic acids is 1. The highest BCUT2D eigenvalue weighted by molar-refractivity contribution is 9.12. The van der Waals surface area contributed by atoms with Crippen LogP contribution in [0, 0.1) is 0 Å². The molecule has 0 saturated heterocycles. The molecule has 0 bridgehead atoms. The number of rotatable bonds is 4. The highest BCUT2D eigenvalue weighted by Crippen LogP contribution is 2.31. The van der Waals surface area contributed by atoms with Crippen molar-refractivity contribution in [3.05, 3.63) is 35.4 Å². The van der Waals surface area contributed by atoms with E-state index in [-0.39, 0.29) is 5.56 Å². The summed E-state index contributed by atoms with van der Waals surface area (Å²) in [7, 11) is 0. The summed E-state index contributed by atoms with van der Waals surface area (Å²) in [6.45, 7) is 0. The molecule has 0 radical (unpaired) electrons. The molecule has 0 fully saturated rings. The summed E-state index contributed by atoms with van der Waals surface area (Å²) >= 11 is 6.27. The minimum atomic E-state index is -1.01. The van der Waals surface area contributed by atoms with Gasteiger partial charge in [-0.3, -0.25) is 4.79 Å². The Labute approximate surface area is 109 Å². The van der Waals surface area contributed by atoms with E-state index in [0.717, 1.165) is 0 Å². The number of carboxylic acid groups (broad SMARTS) is 2. The summed E-state index contributed by atoms with van der Waals surface area (Å²) < 4.78 is 0. The molecule has 1 aromatic carbocycles. The Morgan fingerprint density at radius 1 is 1.06 bits per heavy atom. The number of hydrogen-bond donors (Lipinski definition) is 2. The first-order valence-corrected chi connectivity index (χ1v) is 6.11. The molecule has 0 amide bonds. The third-order valence-corrected chi connectivity index (χ3v) is 4.66. The monoisotopic (exact) mass is 350 g/mol. The molecule has 0 aliphatic carbocycles. The van der Waals surface area contributed by atoms with E-state index in [1.54, 1.807) is 12.1 Å². The quantitative estimate of drug-likeness (QED) is 0.818. The van der Waals surface area contributed by atoms with Crippen LogP contribution >= 0.6 is 31.9 Å². The maximum absolute atomic E-state index is 10.7. The second-order valence-electron chi connectivity index (χ2n) is 3.07. The summed E-state index contributed by atoms with van der Waals surface area (Å²) in [6, 6.07) is 6.04. The Morgan fingerprint density at radius 3 is 1.94 bits per heavy atom. The number of carbonyl (C=O) groups is 2. The summed E-state index contributed by atoms with van der Waals surface area (Å²) in [5.41, 5.74) is 0.874. The van der Waals surface area contributed by atoms with E-state index in [4.69, 9.17) is 10.2 Å². The van der Waals surface area contributed by atoms with E-state index in [0.29, 0.717) is 5.56 Å². The van der Waals surface area contributed by atoms with Gasteiger partial charge in [-0.2, -0.15) is 0 Å². The molecule has 0 spiro atoms. The Bertz CT molecular complexity index is 402. The second kappa shape index (κ2) is 5.45. The molecule has 0 aliphatic heterocycles. The minimum absolute atomic E-state index is 0.171. The average Bonchev–Trinajstić information content (AvgIpc) is 2.27. The standard InChI is InChI=1S/C10H8Br2O4/c11-7(8(12)10(15)16)5-1-3-6(4-2-5)9(13)14/h1-4,7-8H,(H,13,14)(H,15,16)/t7-,8-/m0/s1. The molecule has 0 unspecified atom stereocenters. The largest absolute Gasteiger partial charge is 0.480 e. The van der Waals surface area contributed by atoms with Crippen molar-refractivity contribution in [2.75, 3.05) is 0 Å². The number of hydrogen-bond acceptors (Lipinski definition) is 2. The smallest absolute Gasteiger partial charge is 0.335 e. The van der Waals surface area contributed by atoms with Crippen molar-refractivity contribution < 1.29 is 19.8 Å². The Morgan fingerprint density at radius 2 is 1.56 bits per heavy atom. The highest BCUT2D eigenvalue weighted by atomic mass is 79.9. The fraction of sp³-hybridized carbons (Fsp3) is 0.200. The predicted octanol–water partition coefficient (Wildman–Crippen LogP) is 2.67. The molecule has 86 valence electrons. The lowest BCUT2D eigenvalue weighted by Gasteiger charge is -2.13. The van der Waals surface area contributed by atoms with Crippen LogP contribution < -0.4 is 0 Å². The SMILES string of the molecule is O=C(O)c1ccc([C@H](Br)[C@H](Br)C(=O)O)cc1. The number of alkyl halides is 2. The third kappa shape index (κ3) is 3.05. The molecule has 0 saturated carbocycles. The number of carboxylic acids is 2. The molecule has 2 N–H and O–H groups in total. The molecule has 1 aromatic rings. The first kappa shape index (κ1) is 13.2. The second-order valence-corrected chi connectivity index (χ2v) is 5.04. The third-order valence-electron chi connectivity index (χ3n) is 1.97. The minimum Gasteiger partial charge on any atom is -0.480 e. The van der Waals surface area contributed by atoms with Gasteiger partial charge in [-0.1, -0.05) is 44.0 Å². The molecular formula is C10H8Br2O4. The maximum atomic E-state index is 10.7. The van der Waals surface area contributed by atoms with Crippen LogP contribution in [0.4, 0.5) is 0 Å². The molecule has 0 aliphatic rings. The van der Waals surface area contributed by atoms with Crippen LogP contribution in [0.15, 0.2) is 24.3 Å². The summed E-state index contributed by atoms with van der Waals surface area (Å²) in [5.74, 6) is -1.99. The summed E-state index contributed by atoms with van der Waals surface area (Å²) in [4.78, 5) is 20.2. The zero-order chi connectivity index (χ0) is 12.3. The van der Waals surface area contributed by atoms with Crippen molar-refractivity contribution in [2.45, 2.75) is 9.65 Å². The zero-order valence-corrected chi connectivity index (χ0v) is 11.1. The Hall–Kier alpha value is -0.880. The Balaban J connectivity index is 2.89. The first-order valence-electron chi connectivity index (χ1n) is 4.27. The zero-order valence-electron chi connectivity index (χ0n) is 7.93. The van der Waals surface area contributed by atoms with Crippen LogP contribution in [-0.4, -0.2) is 27.0 Å². The van der Waals surface area contributed by atoms with E-state index in [1.165, 1.54) is 12.1 Å². The lowest BCUT2D eigenvalue weighted by atomic mass is 10.1. The van der Waals surface area contributed by atoms with E-state index in [2.05, 4.69) is 31.9 Å². The van der Waals surface area contributed by atoms with Gasteiger partial charge in [-0.15, -0.1) is 0 Å². The average molecular weight is 352 g/mol. The van der Waals surface area contributed by atoms with Gasteiger partial charge >= 0.3 is 11.9 Å². The van der Waals surface area contributed by atoms with Crippen molar-refractivity contribution >= 4 is 43.8 Å². The van der Waals surface area contributed by atoms with Crippen LogP contribution in [0.25, 0.3) is 0 Å². The molecule has 0 heterocycles. The molecular weight excluding hydrogens is 344 g/mol. The van der Waals surface area contributed by atoms with Crippen LogP contribution in [0.3, 0.4) is 0 Å². The molecule has 1 rings (SSSR count). The molecule has 6 heteroatoms. The lowest BCUT2D eigenvalue weighted by Crippen LogP contribution is -2.17. The van der Waals surface area contributed by atoms with Crippen molar-refractivity contribution in [3.8, 4) is 0 Å². The van der Waals surface area contributed by atoms with Gasteiger partial charge < -0.3 is 10.2 Å². The van der Waals surface area contributed by atoms with Crippen LogP contribution in [-0.2, 0) is 4.79 Å². The van der Waals surface area contributed by atoms with Crippen LogP contribution in [0.2, 0.25) is 0 Å². The van der Waals surface area contributed by atoms with Gasteiger partial charge in [0.1, 0.15) is 4.83 Å². The van der Waals surface area contributed by atoms with E-state index >= 15 is 0 Å². The van der Waals surface area contributed by atoms with Gasteiger partial charge in [0, 0.05) is 0 Å². The lowest BCUT2D eigenvalue weighted by molar-refractivity contribution is -0.136. The Kier molecular flexibility index (Phi) is 4.49. The topological polar surface area (TPSA) is 74.6 Å². The van der Waals surface area contributed by atoms with Crippen molar-refractivity contribution in [3.63, 3.8) is 0 Å². The molecule has 16 heavy (non-hydrogen) atoms. The van der Waals surface area contributed by atoms with E-state index in [1.807, 2.05) is 0 Å².